The molecule has 2 aliphatic rings. The largest absolute Gasteiger partial charge is 0.341 e. The third kappa shape index (κ3) is 3.66. The molecule has 144 valence electrons. The second kappa shape index (κ2) is 7.29. The van der Waals surface area contributed by atoms with Gasteiger partial charge >= 0.3 is 0 Å². The van der Waals surface area contributed by atoms with Crippen LogP contribution in [0.25, 0.3) is 0 Å². The summed E-state index contributed by atoms with van der Waals surface area (Å²) in [7, 11) is -3.53. The van der Waals surface area contributed by atoms with E-state index in [4.69, 9.17) is 5.73 Å². The highest BCUT2D eigenvalue weighted by Gasteiger charge is 2.36. The molecule has 2 heterocycles. The molecule has 1 aromatic carbocycles. The van der Waals surface area contributed by atoms with E-state index >= 15 is 0 Å². The first-order chi connectivity index (χ1) is 12.2. The number of benzene rings is 1. The second-order valence-corrected chi connectivity index (χ2v) is 9.61. The lowest BCUT2D eigenvalue weighted by Crippen LogP contribution is -2.44. The van der Waals surface area contributed by atoms with Crippen LogP contribution in [0.3, 0.4) is 0 Å². The Balaban J connectivity index is 1.70. The SMILES string of the molecule is Cc1cc(C)c(S(=O)(=O)N2CCC(C(=O)N3CC[C@@H](N)C3)CC2)c(C)c1. The third-order valence-electron chi connectivity index (χ3n) is 5.54. The number of likely N-dealkylation sites (tertiary alicyclic amines) is 1. The molecule has 0 aliphatic carbocycles. The van der Waals surface area contributed by atoms with Crippen LogP contribution in [0, 0.1) is 26.7 Å². The first-order valence-corrected chi connectivity index (χ1v) is 10.8. The molecule has 0 bridgehead atoms. The van der Waals surface area contributed by atoms with Gasteiger partial charge in [-0.2, -0.15) is 4.31 Å². The molecule has 1 atom stereocenters. The van der Waals surface area contributed by atoms with Gasteiger partial charge in [0.05, 0.1) is 4.90 Å². The minimum atomic E-state index is -3.53. The number of carbonyl (C=O) groups is 1. The van der Waals surface area contributed by atoms with E-state index in [2.05, 4.69) is 0 Å². The number of nitrogens with zero attached hydrogens (tertiary/aromatic N) is 2. The van der Waals surface area contributed by atoms with Crippen LogP contribution in [-0.4, -0.2) is 55.8 Å². The van der Waals surface area contributed by atoms with E-state index < -0.39 is 10.0 Å². The number of amides is 1. The molecule has 0 aromatic heterocycles. The predicted octanol–water partition coefficient (Wildman–Crippen LogP) is 1.57. The first kappa shape index (κ1) is 19.3. The molecule has 2 saturated heterocycles. The molecule has 0 spiro atoms. The third-order valence-corrected chi connectivity index (χ3v) is 7.75. The van der Waals surface area contributed by atoms with Crippen molar-refractivity contribution in [3.8, 4) is 0 Å². The quantitative estimate of drug-likeness (QED) is 0.864. The zero-order valence-electron chi connectivity index (χ0n) is 15.9. The van der Waals surface area contributed by atoms with Gasteiger partial charge in [0.2, 0.25) is 15.9 Å². The van der Waals surface area contributed by atoms with E-state index in [0.717, 1.165) is 29.7 Å². The average Bonchev–Trinajstić information content (AvgIpc) is 2.99. The summed E-state index contributed by atoms with van der Waals surface area (Å²) in [6, 6.07) is 3.89. The number of carbonyl (C=O) groups excluding carboxylic acids is 1. The van der Waals surface area contributed by atoms with Gasteiger partial charge in [0.1, 0.15) is 0 Å². The van der Waals surface area contributed by atoms with Crippen LogP contribution in [-0.2, 0) is 14.8 Å². The van der Waals surface area contributed by atoms with E-state index in [1.54, 1.807) is 0 Å². The molecule has 2 N–H and O–H groups in total. The van der Waals surface area contributed by atoms with Crippen LogP contribution < -0.4 is 5.73 Å². The number of hydrogen-bond donors (Lipinski definition) is 1. The molecule has 0 radical (unpaired) electrons. The number of piperidine rings is 1. The van der Waals surface area contributed by atoms with Gasteiger partial charge in [0.25, 0.3) is 0 Å². The van der Waals surface area contributed by atoms with Gasteiger partial charge in [-0.1, -0.05) is 17.7 Å². The molecule has 1 aromatic rings. The molecule has 2 fully saturated rings. The van der Waals surface area contributed by atoms with Crippen molar-refractivity contribution in [2.75, 3.05) is 26.2 Å². The number of sulfonamides is 1. The summed E-state index contributed by atoms with van der Waals surface area (Å²) < 4.78 is 27.8. The van der Waals surface area contributed by atoms with Crippen LogP contribution in [0.5, 0.6) is 0 Å². The zero-order chi connectivity index (χ0) is 19.1. The first-order valence-electron chi connectivity index (χ1n) is 9.32. The van der Waals surface area contributed by atoms with E-state index in [1.165, 1.54) is 4.31 Å². The maximum Gasteiger partial charge on any atom is 0.243 e. The maximum atomic E-state index is 13.1. The van der Waals surface area contributed by atoms with Gasteiger partial charge in [-0.15, -0.1) is 0 Å². The Morgan fingerprint density at radius 1 is 1.04 bits per heavy atom. The smallest absolute Gasteiger partial charge is 0.243 e. The fourth-order valence-electron chi connectivity index (χ4n) is 4.29. The van der Waals surface area contributed by atoms with Gasteiger partial charge < -0.3 is 10.6 Å². The van der Waals surface area contributed by atoms with Crippen molar-refractivity contribution in [3.05, 3.63) is 28.8 Å². The summed E-state index contributed by atoms with van der Waals surface area (Å²) in [6.45, 7) is 7.80. The van der Waals surface area contributed by atoms with Crippen LogP contribution in [0.4, 0.5) is 0 Å². The van der Waals surface area contributed by atoms with Gasteiger partial charge in [-0.25, -0.2) is 8.42 Å². The summed E-state index contributed by atoms with van der Waals surface area (Å²) >= 11 is 0. The summed E-state index contributed by atoms with van der Waals surface area (Å²) in [6.07, 6.45) is 2.01. The molecule has 3 rings (SSSR count). The van der Waals surface area contributed by atoms with Crippen LogP contribution >= 0.6 is 0 Å². The van der Waals surface area contributed by atoms with Crippen LogP contribution in [0.15, 0.2) is 17.0 Å². The highest BCUT2D eigenvalue weighted by atomic mass is 32.2. The monoisotopic (exact) mass is 379 g/mol. The van der Waals surface area contributed by atoms with Gasteiger partial charge in [0, 0.05) is 38.1 Å². The van der Waals surface area contributed by atoms with Crippen molar-refractivity contribution in [3.63, 3.8) is 0 Å². The number of rotatable bonds is 3. The van der Waals surface area contributed by atoms with E-state index in [0.29, 0.717) is 37.4 Å². The topological polar surface area (TPSA) is 83.7 Å². The predicted molar refractivity (Wildman–Crippen MR) is 101 cm³/mol. The van der Waals surface area contributed by atoms with E-state index in [9.17, 15) is 13.2 Å². The average molecular weight is 380 g/mol. The minimum Gasteiger partial charge on any atom is -0.341 e. The Hall–Kier alpha value is -1.44. The lowest BCUT2D eigenvalue weighted by Gasteiger charge is -2.33. The Morgan fingerprint density at radius 3 is 2.12 bits per heavy atom. The van der Waals surface area contributed by atoms with Crippen molar-refractivity contribution in [2.24, 2.45) is 11.7 Å². The fourth-order valence-corrected chi connectivity index (χ4v) is 6.17. The maximum absolute atomic E-state index is 13.1. The van der Waals surface area contributed by atoms with Gasteiger partial charge in [-0.05, 0) is 51.2 Å². The standard InChI is InChI=1S/C19H29N3O3S/c1-13-10-14(2)18(15(3)11-13)26(24,25)22-8-4-16(5-9-22)19(23)21-7-6-17(20)12-21/h10-11,16-17H,4-9,12,20H2,1-3H3/t17-/m1/s1. The van der Waals surface area contributed by atoms with Crippen LogP contribution in [0.1, 0.15) is 36.0 Å². The molecular weight excluding hydrogens is 350 g/mol. The van der Waals surface area contributed by atoms with Crippen LogP contribution in [0.2, 0.25) is 0 Å². The molecule has 6 nitrogen and oxygen atoms in total. The van der Waals surface area contributed by atoms with Crippen molar-refractivity contribution in [2.45, 2.75) is 51.0 Å². The molecule has 26 heavy (non-hydrogen) atoms. The highest BCUT2D eigenvalue weighted by Crippen LogP contribution is 2.29. The molecule has 0 saturated carbocycles. The molecular formula is C19H29N3O3S. The summed E-state index contributed by atoms with van der Waals surface area (Å²) in [4.78, 5) is 14.9. The summed E-state index contributed by atoms with van der Waals surface area (Å²) in [5, 5.41) is 0. The highest BCUT2D eigenvalue weighted by molar-refractivity contribution is 7.89. The summed E-state index contributed by atoms with van der Waals surface area (Å²) in [5.74, 6) is 0.0460. The Bertz CT molecular complexity index is 775. The van der Waals surface area contributed by atoms with Crippen molar-refractivity contribution >= 4 is 15.9 Å². The molecule has 0 unspecified atom stereocenters. The van der Waals surface area contributed by atoms with Crippen molar-refractivity contribution in [1.82, 2.24) is 9.21 Å². The van der Waals surface area contributed by atoms with Crippen molar-refractivity contribution < 1.29 is 13.2 Å². The van der Waals surface area contributed by atoms with E-state index in [1.807, 2.05) is 37.8 Å². The summed E-state index contributed by atoms with van der Waals surface area (Å²) in [5.41, 5.74) is 8.52. The normalized spacial score (nSPS) is 22.8. The fraction of sp³-hybridized carbons (Fsp3) is 0.632. The second-order valence-electron chi connectivity index (χ2n) is 7.74. The van der Waals surface area contributed by atoms with Gasteiger partial charge in [0.15, 0.2) is 0 Å². The van der Waals surface area contributed by atoms with Crippen molar-refractivity contribution in [1.29, 1.82) is 0 Å². The molecule has 2 aliphatic heterocycles. The number of nitrogens with two attached hydrogens (primary N) is 1. The number of aryl methyl sites for hydroxylation is 3. The Labute approximate surface area is 156 Å². The number of hydrogen-bond acceptors (Lipinski definition) is 4. The Kier molecular flexibility index (Phi) is 5.42. The lowest BCUT2D eigenvalue weighted by molar-refractivity contribution is -0.135. The van der Waals surface area contributed by atoms with Gasteiger partial charge in [-0.3, -0.25) is 4.79 Å². The Morgan fingerprint density at radius 2 is 1.62 bits per heavy atom. The minimum absolute atomic E-state index is 0.0758. The molecule has 7 heteroatoms. The lowest BCUT2D eigenvalue weighted by atomic mass is 9.97. The molecule has 1 amide bonds. The van der Waals surface area contributed by atoms with E-state index in [-0.39, 0.29) is 17.9 Å². The zero-order valence-corrected chi connectivity index (χ0v) is 16.7.